The highest BCUT2D eigenvalue weighted by Crippen LogP contribution is 2.27. The average molecular weight is 289 g/mol. The monoisotopic (exact) mass is 288 g/mol. The molecule has 0 aliphatic heterocycles. The van der Waals surface area contributed by atoms with Gasteiger partial charge in [0.05, 0.1) is 0 Å². The maximum atomic E-state index is 13.0. The molecular weight excluding hydrogens is 271 g/mol. The molecule has 0 aliphatic carbocycles. The Morgan fingerprint density at radius 1 is 1.50 bits per heavy atom. The largest absolute Gasteiger partial charge is 0.318 e. The highest BCUT2D eigenvalue weighted by molar-refractivity contribution is 9.10. The molecule has 0 fully saturated rings. The minimum absolute atomic E-state index is 0.208. The van der Waals surface area contributed by atoms with Crippen molar-refractivity contribution >= 4 is 15.9 Å². The Labute approximate surface area is 105 Å². The summed E-state index contributed by atoms with van der Waals surface area (Å²) in [5, 5.41) is 3.12. The summed E-state index contributed by atoms with van der Waals surface area (Å²) in [5.74, 6) is -0.208. The van der Waals surface area contributed by atoms with Crippen molar-refractivity contribution < 1.29 is 4.39 Å². The fourth-order valence-electron chi connectivity index (χ4n) is 1.56. The maximum Gasteiger partial charge on any atom is 0.124 e. The lowest BCUT2D eigenvalue weighted by atomic mass is 10.1. The lowest BCUT2D eigenvalue weighted by molar-refractivity contribution is 0.262. The van der Waals surface area contributed by atoms with Gasteiger partial charge in [-0.2, -0.15) is 0 Å². The van der Waals surface area contributed by atoms with Gasteiger partial charge in [-0.25, -0.2) is 4.39 Å². The summed E-state index contributed by atoms with van der Waals surface area (Å²) in [4.78, 5) is 2.23. The van der Waals surface area contributed by atoms with Crippen LogP contribution < -0.4 is 5.32 Å². The van der Waals surface area contributed by atoms with Crippen molar-refractivity contribution in [3.05, 3.63) is 34.1 Å². The molecule has 0 saturated carbocycles. The smallest absolute Gasteiger partial charge is 0.124 e. The number of hydrogen-bond acceptors (Lipinski definition) is 2. The molecule has 1 N–H and O–H groups in total. The van der Waals surface area contributed by atoms with Gasteiger partial charge >= 0.3 is 0 Å². The van der Waals surface area contributed by atoms with Crippen LogP contribution in [0, 0.1) is 5.82 Å². The van der Waals surface area contributed by atoms with E-state index in [-0.39, 0.29) is 11.9 Å². The zero-order valence-electron chi connectivity index (χ0n) is 9.93. The average Bonchev–Trinajstić information content (AvgIpc) is 2.25. The third-order valence-corrected chi connectivity index (χ3v) is 3.48. The zero-order chi connectivity index (χ0) is 12.1. The molecule has 1 rings (SSSR count). The topological polar surface area (TPSA) is 15.3 Å². The molecule has 0 saturated heterocycles. The van der Waals surface area contributed by atoms with E-state index in [1.165, 1.54) is 12.1 Å². The number of rotatable bonds is 5. The molecule has 16 heavy (non-hydrogen) atoms. The van der Waals surface area contributed by atoms with Gasteiger partial charge in [-0.1, -0.05) is 22.0 Å². The third-order valence-electron chi connectivity index (χ3n) is 2.79. The summed E-state index contributed by atoms with van der Waals surface area (Å²) in [6, 6.07) is 5.11. The number of benzene rings is 1. The molecule has 1 unspecified atom stereocenters. The van der Waals surface area contributed by atoms with Gasteiger partial charge in [0.2, 0.25) is 0 Å². The van der Waals surface area contributed by atoms with Gasteiger partial charge in [-0.15, -0.1) is 0 Å². The van der Waals surface area contributed by atoms with Gasteiger partial charge in [0.1, 0.15) is 5.82 Å². The predicted molar refractivity (Wildman–Crippen MR) is 69.1 cm³/mol. The van der Waals surface area contributed by atoms with Gasteiger partial charge in [0, 0.05) is 23.6 Å². The molecule has 0 radical (unpaired) electrons. The Kier molecular flexibility index (Phi) is 5.38. The highest BCUT2D eigenvalue weighted by atomic mass is 79.9. The van der Waals surface area contributed by atoms with E-state index in [2.05, 4.69) is 40.1 Å². The van der Waals surface area contributed by atoms with Crippen LogP contribution in [0.25, 0.3) is 0 Å². The van der Waals surface area contributed by atoms with Gasteiger partial charge in [-0.3, -0.25) is 4.90 Å². The molecule has 0 bridgehead atoms. The number of nitrogens with one attached hydrogen (secondary N) is 1. The Morgan fingerprint density at radius 2 is 2.19 bits per heavy atom. The standard InChI is InChI=1S/C12H18BrFN2/c1-9(16(3)7-6-15-2)11-5-4-10(14)8-12(11)13/h4-5,8-9,15H,6-7H2,1-3H3. The molecule has 2 nitrogen and oxygen atoms in total. The molecule has 90 valence electrons. The van der Waals surface area contributed by atoms with E-state index >= 15 is 0 Å². The summed E-state index contributed by atoms with van der Waals surface area (Å²) in [7, 11) is 4.00. The molecule has 0 amide bonds. The highest BCUT2D eigenvalue weighted by Gasteiger charge is 2.14. The molecule has 4 heteroatoms. The summed E-state index contributed by atoms with van der Waals surface area (Å²) in [6.07, 6.45) is 0. The quantitative estimate of drug-likeness (QED) is 0.896. The lowest BCUT2D eigenvalue weighted by Crippen LogP contribution is -2.29. The van der Waals surface area contributed by atoms with E-state index in [9.17, 15) is 4.39 Å². The van der Waals surface area contributed by atoms with Crippen LogP contribution in [-0.2, 0) is 0 Å². The summed E-state index contributed by atoms with van der Waals surface area (Å²) < 4.78 is 13.8. The minimum Gasteiger partial charge on any atom is -0.318 e. The number of halogens is 2. The molecule has 0 spiro atoms. The van der Waals surface area contributed by atoms with E-state index in [4.69, 9.17) is 0 Å². The van der Waals surface area contributed by atoms with Crippen molar-refractivity contribution in [1.29, 1.82) is 0 Å². The second-order valence-corrected chi connectivity index (χ2v) is 4.78. The number of likely N-dealkylation sites (N-methyl/N-ethyl adjacent to an activating group) is 2. The molecule has 0 aromatic heterocycles. The molecule has 0 aliphatic rings. The van der Waals surface area contributed by atoms with Gasteiger partial charge in [-0.05, 0) is 38.7 Å². The van der Waals surface area contributed by atoms with E-state index < -0.39 is 0 Å². The Hall–Kier alpha value is -0.450. The summed E-state index contributed by atoms with van der Waals surface area (Å²) in [5.41, 5.74) is 1.11. The van der Waals surface area contributed by atoms with Crippen molar-refractivity contribution in [3.63, 3.8) is 0 Å². The van der Waals surface area contributed by atoms with Crippen molar-refractivity contribution in [2.24, 2.45) is 0 Å². The second-order valence-electron chi connectivity index (χ2n) is 3.93. The minimum atomic E-state index is -0.208. The first-order valence-corrected chi connectivity index (χ1v) is 6.15. The van der Waals surface area contributed by atoms with E-state index in [0.29, 0.717) is 0 Å². The summed E-state index contributed by atoms with van der Waals surface area (Å²) in [6.45, 7) is 4.02. The van der Waals surface area contributed by atoms with Gasteiger partial charge in [0.15, 0.2) is 0 Å². The van der Waals surface area contributed by atoms with Gasteiger partial charge < -0.3 is 5.32 Å². The van der Waals surface area contributed by atoms with Crippen LogP contribution in [0.2, 0.25) is 0 Å². The van der Waals surface area contributed by atoms with Crippen LogP contribution in [0.1, 0.15) is 18.5 Å². The van der Waals surface area contributed by atoms with Crippen LogP contribution in [0.15, 0.2) is 22.7 Å². The van der Waals surface area contributed by atoms with Crippen molar-refractivity contribution in [1.82, 2.24) is 10.2 Å². The normalized spacial score (nSPS) is 13.1. The SMILES string of the molecule is CNCCN(C)C(C)c1ccc(F)cc1Br. The van der Waals surface area contributed by atoms with E-state index in [1.54, 1.807) is 0 Å². The first kappa shape index (κ1) is 13.6. The molecule has 1 aromatic rings. The molecular formula is C12H18BrFN2. The van der Waals surface area contributed by atoms with E-state index in [1.807, 2.05) is 13.1 Å². The number of nitrogens with zero attached hydrogens (tertiary/aromatic N) is 1. The maximum absolute atomic E-state index is 13.0. The second kappa shape index (κ2) is 6.33. The van der Waals surface area contributed by atoms with Crippen LogP contribution in [0.3, 0.4) is 0 Å². The Morgan fingerprint density at radius 3 is 2.75 bits per heavy atom. The fraction of sp³-hybridized carbons (Fsp3) is 0.500. The first-order chi connectivity index (χ1) is 7.56. The van der Waals surface area contributed by atoms with Crippen molar-refractivity contribution in [2.75, 3.05) is 27.2 Å². The molecule has 1 atom stereocenters. The van der Waals surface area contributed by atoms with Crippen LogP contribution in [0.5, 0.6) is 0 Å². The Bertz CT molecular complexity index is 344. The summed E-state index contributed by atoms with van der Waals surface area (Å²) >= 11 is 3.40. The third kappa shape index (κ3) is 3.54. The van der Waals surface area contributed by atoms with Crippen LogP contribution in [0.4, 0.5) is 4.39 Å². The predicted octanol–water partition coefficient (Wildman–Crippen LogP) is 2.80. The van der Waals surface area contributed by atoms with Crippen molar-refractivity contribution in [2.45, 2.75) is 13.0 Å². The van der Waals surface area contributed by atoms with Crippen LogP contribution >= 0.6 is 15.9 Å². The Balaban J connectivity index is 2.75. The molecule has 1 aromatic carbocycles. The van der Waals surface area contributed by atoms with Gasteiger partial charge in [0.25, 0.3) is 0 Å². The lowest BCUT2D eigenvalue weighted by Gasteiger charge is -2.25. The fourth-order valence-corrected chi connectivity index (χ4v) is 2.24. The van der Waals surface area contributed by atoms with Crippen LogP contribution in [-0.4, -0.2) is 32.1 Å². The van der Waals surface area contributed by atoms with E-state index in [0.717, 1.165) is 23.1 Å². The number of hydrogen-bond donors (Lipinski definition) is 1. The first-order valence-electron chi connectivity index (χ1n) is 5.36. The zero-order valence-corrected chi connectivity index (χ0v) is 11.5. The molecule has 0 heterocycles. The van der Waals surface area contributed by atoms with Crippen molar-refractivity contribution in [3.8, 4) is 0 Å².